The molecular formula is C24H45N5O8S. The lowest BCUT2D eigenvalue weighted by Crippen LogP contribution is -2.61. The molecule has 220 valence electrons. The Morgan fingerprint density at radius 2 is 1.42 bits per heavy atom. The van der Waals surface area contributed by atoms with E-state index in [1.807, 2.05) is 0 Å². The number of hydrogen-bond acceptors (Lipinski definition) is 9. The van der Waals surface area contributed by atoms with Crippen LogP contribution in [0.1, 0.15) is 62.3 Å². The average Bonchev–Trinajstić information content (AvgIpc) is 2.73. The molecule has 7 N–H and O–H groups in total. The van der Waals surface area contributed by atoms with Crippen LogP contribution in [0.5, 0.6) is 0 Å². The summed E-state index contributed by atoms with van der Waals surface area (Å²) in [7, 11) is 0. The smallest absolute Gasteiger partial charge is 0.327 e. The number of ether oxygens (including phenoxy) is 2. The average molecular weight is 564 g/mol. The predicted octanol–water partition coefficient (Wildman–Crippen LogP) is -0.282. The number of carboxylic acid groups (broad SMARTS) is 1. The number of carbonyl (C=O) groups excluding carboxylic acids is 4. The summed E-state index contributed by atoms with van der Waals surface area (Å²) in [5.74, 6) is -3.56. The van der Waals surface area contributed by atoms with Gasteiger partial charge in [0.25, 0.3) is 0 Å². The summed E-state index contributed by atoms with van der Waals surface area (Å²) in [6.45, 7) is 14.8. The second kappa shape index (κ2) is 15.9. The van der Waals surface area contributed by atoms with Gasteiger partial charge in [-0.15, -0.1) is 11.8 Å². The first-order valence-electron chi connectivity index (χ1n) is 12.3. The van der Waals surface area contributed by atoms with Crippen LogP contribution >= 0.6 is 11.8 Å². The highest BCUT2D eigenvalue weighted by Crippen LogP contribution is 2.14. The van der Waals surface area contributed by atoms with E-state index in [9.17, 15) is 29.1 Å². The molecule has 38 heavy (non-hydrogen) atoms. The van der Waals surface area contributed by atoms with Crippen LogP contribution in [0.2, 0.25) is 0 Å². The molecule has 0 aliphatic rings. The Morgan fingerprint density at radius 3 is 1.87 bits per heavy atom. The van der Waals surface area contributed by atoms with Gasteiger partial charge in [-0.25, -0.2) is 4.79 Å². The van der Waals surface area contributed by atoms with Crippen LogP contribution in [0.25, 0.3) is 0 Å². The fraction of sp³-hybridized carbons (Fsp3) is 0.792. The fourth-order valence-corrected chi connectivity index (χ4v) is 3.75. The molecule has 0 unspecified atom stereocenters. The number of rotatable bonds is 15. The van der Waals surface area contributed by atoms with Crippen LogP contribution < -0.4 is 27.0 Å². The largest absolute Gasteiger partial charge is 0.480 e. The van der Waals surface area contributed by atoms with Gasteiger partial charge in [0.2, 0.25) is 23.6 Å². The summed E-state index contributed by atoms with van der Waals surface area (Å²) < 4.78 is 11.6. The minimum absolute atomic E-state index is 0.0360. The van der Waals surface area contributed by atoms with E-state index < -0.39 is 65.2 Å². The molecule has 0 saturated heterocycles. The van der Waals surface area contributed by atoms with Crippen LogP contribution in [-0.4, -0.2) is 94.4 Å². The van der Waals surface area contributed by atoms with Gasteiger partial charge in [-0.1, -0.05) is 0 Å². The van der Waals surface area contributed by atoms with Crippen molar-refractivity contribution in [2.75, 3.05) is 18.2 Å². The number of thioether (sulfide) groups is 1. The van der Waals surface area contributed by atoms with Crippen LogP contribution in [0.4, 0.5) is 0 Å². The zero-order chi connectivity index (χ0) is 29.8. The first kappa shape index (κ1) is 35.6. The predicted molar refractivity (Wildman–Crippen MR) is 144 cm³/mol. The van der Waals surface area contributed by atoms with E-state index >= 15 is 0 Å². The minimum atomic E-state index is -1.30. The minimum Gasteiger partial charge on any atom is -0.480 e. The highest BCUT2D eigenvalue weighted by molar-refractivity contribution is 7.99. The van der Waals surface area contributed by atoms with Crippen molar-refractivity contribution >= 4 is 41.4 Å². The molecule has 0 aromatic rings. The molecule has 0 saturated carbocycles. The highest BCUT2D eigenvalue weighted by atomic mass is 32.2. The Kier molecular flexibility index (Phi) is 14.9. The Hall–Kier alpha value is -2.42. The highest BCUT2D eigenvalue weighted by Gasteiger charge is 2.35. The van der Waals surface area contributed by atoms with Crippen molar-refractivity contribution < 1.29 is 38.6 Å². The third kappa shape index (κ3) is 15.7. The summed E-state index contributed by atoms with van der Waals surface area (Å²) in [5, 5.41) is 19.6. The SMILES string of the molecule is CC(=O)NCSC[C@H](NC(=O)[C@H](COC(C)(C)C)NC(=O)[C@@H](NC(=O)[C@H](C)N)[C@@H](C)OC(C)(C)C)C(=O)O. The Balaban J connectivity index is 5.80. The Labute approximate surface area is 229 Å². The van der Waals surface area contributed by atoms with Crippen LogP contribution in [0.15, 0.2) is 0 Å². The maximum Gasteiger partial charge on any atom is 0.327 e. The van der Waals surface area contributed by atoms with Crippen molar-refractivity contribution in [2.45, 2.75) is 104 Å². The van der Waals surface area contributed by atoms with Gasteiger partial charge < -0.3 is 41.6 Å². The van der Waals surface area contributed by atoms with E-state index in [4.69, 9.17) is 15.2 Å². The molecule has 0 fully saturated rings. The lowest BCUT2D eigenvalue weighted by Gasteiger charge is -2.32. The van der Waals surface area contributed by atoms with Gasteiger partial charge >= 0.3 is 5.97 Å². The van der Waals surface area contributed by atoms with Crippen molar-refractivity contribution in [1.82, 2.24) is 21.3 Å². The maximum absolute atomic E-state index is 13.3. The van der Waals surface area contributed by atoms with Crippen molar-refractivity contribution in [3.8, 4) is 0 Å². The molecule has 0 aromatic heterocycles. The fourth-order valence-electron chi connectivity index (χ4n) is 2.86. The van der Waals surface area contributed by atoms with Crippen molar-refractivity contribution in [3.05, 3.63) is 0 Å². The Morgan fingerprint density at radius 1 is 0.868 bits per heavy atom. The molecule has 14 heteroatoms. The standard InChI is InChI=1S/C24H45N5O8S/c1-13(25)19(31)29-18(14(2)37-24(7,8)9)21(33)27-16(10-36-23(4,5)6)20(32)28-17(22(34)35)11-38-12-26-15(3)30/h13-14,16-18H,10-12,25H2,1-9H3,(H,26,30)(H,27,33)(H,28,32)(H,29,31)(H,34,35)/t13-,14+,16-,17-,18-/m0/s1. The summed E-state index contributed by atoms with van der Waals surface area (Å²) in [5.41, 5.74) is 4.34. The van der Waals surface area contributed by atoms with E-state index in [2.05, 4.69) is 21.3 Å². The monoisotopic (exact) mass is 563 g/mol. The number of nitrogens with two attached hydrogens (primary N) is 1. The first-order valence-corrected chi connectivity index (χ1v) is 13.4. The molecule has 0 aliphatic carbocycles. The van der Waals surface area contributed by atoms with Crippen molar-refractivity contribution in [3.63, 3.8) is 0 Å². The van der Waals surface area contributed by atoms with Gasteiger partial charge in [-0.3, -0.25) is 19.2 Å². The molecule has 4 amide bonds. The van der Waals surface area contributed by atoms with Gasteiger partial charge in [-0.05, 0) is 55.4 Å². The number of hydrogen-bond donors (Lipinski definition) is 6. The molecule has 0 aliphatic heterocycles. The molecular weight excluding hydrogens is 518 g/mol. The normalized spacial score (nSPS) is 15.8. The summed E-state index contributed by atoms with van der Waals surface area (Å²) in [6.07, 6.45) is -0.804. The van der Waals surface area contributed by atoms with E-state index in [1.54, 1.807) is 48.5 Å². The number of carboxylic acids is 1. The van der Waals surface area contributed by atoms with Gasteiger partial charge in [0.15, 0.2) is 0 Å². The molecule has 13 nitrogen and oxygen atoms in total. The van der Waals surface area contributed by atoms with E-state index in [1.165, 1.54) is 13.8 Å². The molecule has 0 aromatic carbocycles. The van der Waals surface area contributed by atoms with Crippen molar-refractivity contribution in [2.24, 2.45) is 5.73 Å². The lowest BCUT2D eigenvalue weighted by atomic mass is 10.1. The summed E-state index contributed by atoms with van der Waals surface area (Å²) in [4.78, 5) is 61.5. The summed E-state index contributed by atoms with van der Waals surface area (Å²) >= 11 is 1.10. The number of amides is 4. The molecule has 0 radical (unpaired) electrons. The Bertz CT molecular complexity index is 826. The number of aliphatic carboxylic acids is 1. The van der Waals surface area contributed by atoms with Gasteiger partial charge in [-0.2, -0.15) is 0 Å². The van der Waals surface area contributed by atoms with E-state index in [0.29, 0.717) is 0 Å². The number of carbonyl (C=O) groups is 5. The second-order valence-corrected chi connectivity index (χ2v) is 11.9. The lowest BCUT2D eigenvalue weighted by molar-refractivity contribution is -0.143. The topological polar surface area (TPSA) is 198 Å². The van der Waals surface area contributed by atoms with Crippen molar-refractivity contribution in [1.29, 1.82) is 0 Å². The van der Waals surface area contributed by atoms with Crippen LogP contribution in [-0.2, 0) is 33.4 Å². The quantitative estimate of drug-likeness (QED) is 0.114. The summed E-state index contributed by atoms with van der Waals surface area (Å²) in [6, 6.07) is -4.70. The molecule has 5 atom stereocenters. The van der Waals surface area contributed by atoms with Crippen LogP contribution in [0, 0.1) is 0 Å². The maximum atomic E-state index is 13.3. The third-order valence-corrected chi connectivity index (χ3v) is 5.56. The van der Waals surface area contributed by atoms with E-state index in [-0.39, 0.29) is 24.1 Å². The van der Waals surface area contributed by atoms with Gasteiger partial charge in [0, 0.05) is 12.7 Å². The van der Waals surface area contributed by atoms with Crippen LogP contribution in [0.3, 0.4) is 0 Å². The van der Waals surface area contributed by atoms with E-state index in [0.717, 1.165) is 11.8 Å². The van der Waals surface area contributed by atoms with Gasteiger partial charge in [0.1, 0.15) is 18.1 Å². The second-order valence-electron chi connectivity index (χ2n) is 10.8. The number of nitrogens with one attached hydrogen (secondary N) is 4. The molecule has 0 spiro atoms. The zero-order valence-electron chi connectivity index (χ0n) is 23.8. The third-order valence-electron chi connectivity index (χ3n) is 4.64. The molecule has 0 heterocycles. The zero-order valence-corrected chi connectivity index (χ0v) is 24.6. The molecule has 0 rings (SSSR count). The first-order chi connectivity index (χ1) is 17.2. The molecule has 0 bridgehead atoms. The van der Waals surface area contributed by atoms with Gasteiger partial charge in [0.05, 0.1) is 35.8 Å².